The van der Waals surface area contributed by atoms with Crippen LogP contribution in [0, 0.1) is 0 Å². The van der Waals surface area contributed by atoms with Crippen LogP contribution in [0.4, 0.5) is 13.2 Å². The lowest BCUT2D eigenvalue weighted by Crippen LogP contribution is -2.04. The molecule has 0 N–H and O–H groups in total. The highest BCUT2D eigenvalue weighted by atomic mass is 79.9. The van der Waals surface area contributed by atoms with Crippen LogP contribution in [-0.2, 0) is 12.6 Å². The van der Waals surface area contributed by atoms with Crippen molar-refractivity contribution in [1.29, 1.82) is 0 Å². The van der Waals surface area contributed by atoms with Crippen molar-refractivity contribution >= 4 is 15.9 Å². The molecule has 1 heterocycles. The van der Waals surface area contributed by atoms with E-state index in [4.69, 9.17) is 4.74 Å². The smallest absolute Gasteiger partial charge is 0.416 e. The van der Waals surface area contributed by atoms with Crippen molar-refractivity contribution in [3.63, 3.8) is 0 Å². The van der Waals surface area contributed by atoms with Crippen molar-refractivity contribution in [3.05, 3.63) is 64.1 Å². The molecule has 0 amide bonds. The predicted octanol–water partition coefficient (Wildman–Crippen LogP) is 5.09. The van der Waals surface area contributed by atoms with E-state index in [-0.39, 0.29) is 0 Å². The van der Waals surface area contributed by atoms with E-state index < -0.39 is 11.7 Å². The lowest BCUT2D eigenvalue weighted by molar-refractivity contribution is -0.137. The Morgan fingerprint density at radius 2 is 1.70 bits per heavy atom. The maximum atomic E-state index is 12.2. The molecule has 20 heavy (non-hydrogen) atoms. The zero-order valence-electron chi connectivity index (χ0n) is 10.5. The molecule has 2 aromatic rings. The van der Waals surface area contributed by atoms with E-state index in [2.05, 4.69) is 15.9 Å². The molecule has 0 saturated heterocycles. The first-order chi connectivity index (χ1) is 9.47. The van der Waals surface area contributed by atoms with Crippen LogP contribution in [-0.4, -0.2) is 6.61 Å². The van der Waals surface area contributed by atoms with Gasteiger partial charge in [-0.15, -0.1) is 0 Å². The molecule has 0 saturated carbocycles. The monoisotopic (exact) mass is 344 g/mol. The van der Waals surface area contributed by atoms with Crippen molar-refractivity contribution in [2.45, 2.75) is 12.6 Å². The van der Waals surface area contributed by atoms with Crippen LogP contribution in [0.25, 0.3) is 0 Å². The van der Waals surface area contributed by atoms with E-state index in [1.54, 1.807) is 0 Å². The van der Waals surface area contributed by atoms with Crippen LogP contribution in [0.5, 0.6) is 5.75 Å². The number of fused-ring (bicyclic) bond motifs is 1. The highest BCUT2D eigenvalue weighted by Gasteiger charge is 2.31. The summed E-state index contributed by atoms with van der Waals surface area (Å²) in [5, 5.41) is 0. The minimum Gasteiger partial charge on any atom is -0.493 e. The van der Waals surface area contributed by atoms with E-state index in [0.29, 0.717) is 24.3 Å². The SMILES string of the molecule is Brc1ccccc1.FC(F)(F)c1ccc2c(c1)CCO2. The fourth-order valence-corrected chi connectivity index (χ4v) is 2.08. The Kier molecular flexibility index (Phi) is 4.70. The Labute approximate surface area is 123 Å². The molecule has 1 aliphatic rings. The summed E-state index contributed by atoms with van der Waals surface area (Å²) in [5.74, 6) is 0.577. The summed E-state index contributed by atoms with van der Waals surface area (Å²) in [6.07, 6.45) is -3.68. The standard InChI is InChI=1S/C9H7F3O.C6H5Br/c10-9(11,12)7-1-2-8-6(5-7)3-4-13-8;7-6-4-2-1-3-5-6/h1-2,5H,3-4H2;1-5H. The van der Waals surface area contributed by atoms with Crippen LogP contribution in [0.15, 0.2) is 53.0 Å². The third-order valence-electron chi connectivity index (χ3n) is 2.75. The molecule has 1 aliphatic heterocycles. The summed E-state index contributed by atoms with van der Waals surface area (Å²) < 4.78 is 42.9. The average Bonchev–Trinajstić information content (AvgIpc) is 2.86. The summed E-state index contributed by atoms with van der Waals surface area (Å²) in [5.41, 5.74) is 0.0478. The van der Waals surface area contributed by atoms with Gasteiger partial charge >= 0.3 is 6.18 Å². The molecule has 0 radical (unpaired) electrons. The topological polar surface area (TPSA) is 9.23 Å². The third-order valence-corrected chi connectivity index (χ3v) is 3.28. The Morgan fingerprint density at radius 3 is 2.25 bits per heavy atom. The molecule has 0 unspecified atom stereocenters. The van der Waals surface area contributed by atoms with E-state index >= 15 is 0 Å². The van der Waals surface area contributed by atoms with Gasteiger partial charge in [0.15, 0.2) is 0 Å². The predicted molar refractivity (Wildman–Crippen MR) is 74.8 cm³/mol. The highest BCUT2D eigenvalue weighted by molar-refractivity contribution is 9.10. The molecular weight excluding hydrogens is 333 g/mol. The van der Waals surface area contributed by atoms with Crippen molar-refractivity contribution < 1.29 is 17.9 Å². The fraction of sp³-hybridized carbons (Fsp3) is 0.200. The first kappa shape index (κ1) is 14.9. The molecule has 3 rings (SSSR count). The molecule has 106 valence electrons. The van der Waals surface area contributed by atoms with Gasteiger partial charge < -0.3 is 4.74 Å². The molecule has 5 heteroatoms. The van der Waals surface area contributed by atoms with Crippen molar-refractivity contribution in [2.75, 3.05) is 6.61 Å². The molecular formula is C15H12BrF3O. The number of hydrogen-bond acceptors (Lipinski definition) is 1. The van der Waals surface area contributed by atoms with Gasteiger partial charge in [0.25, 0.3) is 0 Å². The lowest BCUT2D eigenvalue weighted by Gasteiger charge is -2.07. The van der Waals surface area contributed by atoms with E-state index in [1.807, 2.05) is 30.3 Å². The van der Waals surface area contributed by atoms with Crippen molar-refractivity contribution in [1.82, 2.24) is 0 Å². The number of alkyl halides is 3. The van der Waals surface area contributed by atoms with Gasteiger partial charge in [0, 0.05) is 10.9 Å². The minimum absolute atomic E-state index is 0.483. The van der Waals surface area contributed by atoms with E-state index in [9.17, 15) is 13.2 Å². The van der Waals surface area contributed by atoms with Crippen molar-refractivity contribution in [3.8, 4) is 5.75 Å². The normalized spacial score (nSPS) is 13.0. The largest absolute Gasteiger partial charge is 0.493 e. The first-order valence-electron chi connectivity index (χ1n) is 6.00. The number of rotatable bonds is 0. The molecule has 1 nitrogen and oxygen atoms in total. The third kappa shape index (κ3) is 4.00. The molecule has 0 fully saturated rings. The minimum atomic E-state index is -4.25. The van der Waals surface area contributed by atoms with Crippen LogP contribution >= 0.6 is 15.9 Å². The quantitative estimate of drug-likeness (QED) is 0.646. The van der Waals surface area contributed by atoms with E-state index in [0.717, 1.165) is 16.6 Å². The fourth-order valence-electron chi connectivity index (χ4n) is 1.78. The maximum Gasteiger partial charge on any atom is 0.416 e. The first-order valence-corrected chi connectivity index (χ1v) is 6.79. The Morgan fingerprint density at radius 1 is 1.00 bits per heavy atom. The van der Waals surface area contributed by atoms with E-state index in [1.165, 1.54) is 6.07 Å². The summed E-state index contributed by atoms with van der Waals surface area (Å²) >= 11 is 3.31. The average molecular weight is 345 g/mol. The van der Waals surface area contributed by atoms with Gasteiger partial charge in [-0.1, -0.05) is 34.1 Å². The number of hydrogen-bond donors (Lipinski definition) is 0. The van der Waals surface area contributed by atoms with Gasteiger partial charge in [-0.25, -0.2) is 0 Å². The molecule has 0 spiro atoms. The van der Waals surface area contributed by atoms with Crippen LogP contribution in [0.3, 0.4) is 0 Å². The summed E-state index contributed by atoms with van der Waals surface area (Å²) in [7, 11) is 0. The number of ether oxygens (including phenoxy) is 1. The van der Waals surface area contributed by atoms with Gasteiger partial charge in [0.1, 0.15) is 5.75 Å². The summed E-state index contributed by atoms with van der Waals surface area (Å²) in [4.78, 5) is 0. The molecule has 2 aromatic carbocycles. The second-order valence-corrected chi connectivity index (χ2v) is 5.13. The number of benzene rings is 2. The molecule has 0 aliphatic carbocycles. The Bertz CT molecular complexity index is 567. The molecule has 0 aromatic heterocycles. The van der Waals surface area contributed by atoms with Gasteiger partial charge in [-0.05, 0) is 35.9 Å². The highest BCUT2D eigenvalue weighted by Crippen LogP contribution is 2.34. The second-order valence-electron chi connectivity index (χ2n) is 4.21. The second kappa shape index (κ2) is 6.31. The Balaban J connectivity index is 0.000000178. The molecule has 0 atom stereocenters. The lowest BCUT2D eigenvalue weighted by atomic mass is 10.1. The molecule has 0 bridgehead atoms. The zero-order valence-corrected chi connectivity index (χ0v) is 12.0. The van der Waals surface area contributed by atoms with Gasteiger partial charge in [-0.3, -0.25) is 0 Å². The van der Waals surface area contributed by atoms with Crippen LogP contribution in [0.2, 0.25) is 0 Å². The zero-order chi connectivity index (χ0) is 14.6. The maximum absolute atomic E-state index is 12.2. The van der Waals surface area contributed by atoms with Crippen molar-refractivity contribution in [2.24, 2.45) is 0 Å². The van der Waals surface area contributed by atoms with Gasteiger partial charge in [-0.2, -0.15) is 13.2 Å². The van der Waals surface area contributed by atoms with Crippen LogP contribution < -0.4 is 4.74 Å². The Hall–Kier alpha value is -1.49. The summed E-state index contributed by atoms with van der Waals surface area (Å²) in [6.45, 7) is 0.483. The van der Waals surface area contributed by atoms with Crippen LogP contribution in [0.1, 0.15) is 11.1 Å². The summed E-state index contributed by atoms with van der Waals surface area (Å²) in [6, 6.07) is 13.6. The number of halogens is 4. The van der Waals surface area contributed by atoms with Gasteiger partial charge in [0.05, 0.1) is 12.2 Å². The van der Waals surface area contributed by atoms with Gasteiger partial charge in [0.2, 0.25) is 0 Å².